The molecule has 0 heterocycles. The van der Waals surface area contributed by atoms with Crippen molar-refractivity contribution in [1.82, 2.24) is 0 Å². The van der Waals surface area contributed by atoms with Gasteiger partial charge in [0.2, 0.25) is 0 Å². The lowest BCUT2D eigenvalue weighted by Crippen LogP contribution is -2.62. The molecule has 37 heavy (non-hydrogen) atoms. The molecular weight excluding hydrogens is 462 g/mol. The van der Waals surface area contributed by atoms with Crippen molar-refractivity contribution in [2.24, 2.45) is 50.2 Å². The molecule has 0 aromatic rings. The maximum absolute atomic E-state index is 13.2. The fourth-order valence-electron chi connectivity index (χ4n) is 10.00. The van der Waals surface area contributed by atoms with Gasteiger partial charge in [-0.25, -0.2) is 0 Å². The lowest BCUT2D eigenvalue weighted by atomic mass is 9.36. The Kier molecular flexibility index (Phi) is 6.46. The van der Waals surface area contributed by atoms with Crippen LogP contribution in [0.15, 0.2) is 11.6 Å². The lowest BCUT2D eigenvalue weighted by Gasteiger charge is -2.67. The summed E-state index contributed by atoms with van der Waals surface area (Å²) in [5, 5.41) is 20.3. The van der Waals surface area contributed by atoms with Crippen molar-refractivity contribution < 1.29 is 19.5 Å². The smallest absolute Gasteiger partial charge is 0.309 e. The standard InChI is InChI=1S/C32H47NO4/c1-20(34)15-24-30(7)16-21(19-33)25(35)28(4,5)23(30)9-10-31(24,8)29(6)12-14-32(26(36)37)13-11-27(2,3)17-22(32)18-29/h16,22-24H,9-15,17-18H2,1-8H3,(H,36,37)/t22?,23?,24-,29-,30+,31-,32+/m1/s1. The van der Waals surface area contributed by atoms with Gasteiger partial charge < -0.3 is 9.90 Å². The van der Waals surface area contributed by atoms with Crippen LogP contribution in [0.2, 0.25) is 0 Å². The van der Waals surface area contributed by atoms with Crippen LogP contribution in [0.3, 0.4) is 0 Å². The Morgan fingerprint density at radius 1 is 1.00 bits per heavy atom. The van der Waals surface area contributed by atoms with Gasteiger partial charge in [-0.05, 0) is 97.7 Å². The normalized spacial score (nSPS) is 44.6. The number of carboxylic acid groups (broad SMARTS) is 1. The van der Waals surface area contributed by atoms with Crippen molar-refractivity contribution in [3.05, 3.63) is 11.6 Å². The molecule has 2 unspecified atom stereocenters. The zero-order valence-electron chi connectivity index (χ0n) is 24.3. The van der Waals surface area contributed by atoms with Gasteiger partial charge in [0.05, 0.1) is 11.0 Å². The number of hydrogen-bond acceptors (Lipinski definition) is 4. The molecule has 0 radical (unpaired) electrons. The molecule has 5 heteroatoms. The zero-order chi connectivity index (χ0) is 27.8. The van der Waals surface area contributed by atoms with Crippen LogP contribution in [0.4, 0.5) is 0 Å². The molecule has 0 saturated heterocycles. The van der Waals surface area contributed by atoms with Gasteiger partial charge in [0, 0.05) is 11.8 Å². The van der Waals surface area contributed by atoms with E-state index in [2.05, 4.69) is 40.7 Å². The third-order valence-corrected chi connectivity index (χ3v) is 12.4. The Balaban J connectivity index is 1.82. The second-order valence-corrected chi connectivity index (χ2v) is 15.3. The fraction of sp³-hybridized carbons (Fsp3) is 0.812. The van der Waals surface area contributed by atoms with Crippen molar-refractivity contribution in [3.8, 4) is 6.07 Å². The van der Waals surface area contributed by atoms with Crippen LogP contribution in [0.25, 0.3) is 0 Å². The van der Waals surface area contributed by atoms with E-state index < -0.39 is 22.2 Å². The molecule has 3 saturated carbocycles. The number of Topliss-reactive ketones (excluding diaryl/α,β-unsaturated/α-hetero) is 2. The number of hydrogen-bond donors (Lipinski definition) is 1. The molecule has 0 amide bonds. The number of carbonyl (C=O) groups excluding carboxylic acids is 2. The summed E-state index contributed by atoms with van der Waals surface area (Å²) in [5.74, 6) is -0.431. The van der Waals surface area contributed by atoms with Gasteiger partial charge in [0.25, 0.3) is 0 Å². The predicted molar refractivity (Wildman–Crippen MR) is 143 cm³/mol. The molecule has 4 rings (SSSR count). The monoisotopic (exact) mass is 509 g/mol. The van der Waals surface area contributed by atoms with Gasteiger partial charge in [-0.1, -0.05) is 54.5 Å². The van der Waals surface area contributed by atoms with Crippen LogP contribution in [0, 0.1) is 61.6 Å². The molecule has 0 aromatic carbocycles. The van der Waals surface area contributed by atoms with Crippen LogP contribution in [-0.2, 0) is 14.4 Å². The second-order valence-electron chi connectivity index (χ2n) is 15.3. The number of fused-ring (bicyclic) bond motifs is 2. The number of aliphatic carboxylic acids is 1. The SMILES string of the molecule is CC(=O)C[C@@H]1[C@@]2(C)C=C(C#N)C(=O)C(C)(C)C2CC[C@@]1(C)[C@]1(C)CC[C@@]2(C(=O)O)CCC(C)(C)CC2C1. The van der Waals surface area contributed by atoms with Crippen LogP contribution in [-0.4, -0.2) is 22.6 Å². The van der Waals surface area contributed by atoms with Crippen molar-refractivity contribution in [1.29, 1.82) is 5.26 Å². The van der Waals surface area contributed by atoms with Crippen molar-refractivity contribution in [2.75, 3.05) is 0 Å². The second kappa shape index (κ2) is 8.52. The number of nitriles is 1. The molecule has 204 valence electrons. The minimum Gasteiger partial charge on any atom is -0.481 e. The fourth-order valence-corrected chi connectivity index (χ4v) is 10.00. The van der Waals surface area contributed by atoms with Gasteiger partial charge >= 0.3 is 5.97 Å². The lowest BCUT2D eigenvalue weighted by molar-refractivity contribution is -0.188. The first-order chi connectivity index (χ1) is 16.9. The first kappa shape index (κ1) is 28.1. The summed E-state index contributed by atoms with van der Waals surface area (Å²) in [5.41, 5.74) is -1.76. The van der Waals surface area contributed by atoms with Crippen LogP contribution in [0.1, 0.15) is 113 Å². The van der Waals surface area contributed by atoms with E-state index in [1.54, 1.807) is 6.92 Å². The maximum Gasteiger partial charge on any atom is 0.309 e. The minimum atomic E-state index is -0.662. The number of ketones is 2. The average Bonchev–Trinajstić information content (AvgIpc) is 2.78. The topological polar surface area (TPSA) is 95.2 Å². The predicted octanol–water partition coefficient (Wildman–Crippen LogP) is 7.15. The molecule has 0 spiro atoms. The summed E-state index contributed by atoms with van der Waals surface area (Å²) >= 11 is 0. The summed E-state index contributed by atoms with van der Waals surface area (Å²) in [6, 6.07) is 2.18. The highest BCUT2D eigenvalue weighted by Gasteiger charge is 2.66. The Morgan fingerprint density at radius 3 is 2.19 bits per heavy atom. The van der Waals surface area contributed by atoms with Crippen LogP contribution < -0.4 is 0 Å². The van der Waals surface area contributed by atoms with E-state index in [4.69, 9.17) is 0 Å². The van der Waals surface area contributed by atoms with E-state index in [0.29, 0.717) is 12.8 Å². The van der Waals surface area contributed by atoms with Crippen molar-refractivity contribution in [3.63, 3.8) is 0 Å². The number of rotatable bonds is 4. The Bertz CT molecular complexity index is 1090. The van der Waals surface area contributed by atoms with Gasteiger partial charge in [-0.15, -0.1) is 0 Å². The first-order valence-corrected chi connectivity index (χ1v) is 14.3. The van der Waals surface area contributed by atoms with Crippen LogP contribution in [0.5, 0.6) is 0 Å². The number of nitrogens with zero attached hydrogens (tertiary/aromatic N) is 1. The van der Waals surface area contributed by atoms with Crippen molar-refractivity contribution >= 4 is 17.5 Å². The van der Waals surface area contributed by atoms with E-state index >= 15 is 0 Å². The van der Waals surface area contributed by atoms with Gasteiger partial charge in [0.1, 0.15) is 11.9 Å². The summed E-state index contributed by atoms with van der Waals surface area (Å²) < 4.78 is 0. The zero-order valence-corrected chi connectivity index (χ0v) is 24.3. The summed E-state index contributed by atoms with van der Waals surface area (Å²) in [6.45, 7) is 17.0. The Hall–Kier alpha value is -1.96. The van der Waals surface area contributed by atoms with Crippen LogP contribution >= 0.6 is 0 Å². The number of allylic oxidation sites excluding steroid dienone is 2. The first-order valence-electron chi connectivity index (χ1n) is 14.3. The highest BCUT2D eigenvalue weighted by Crippen LogP contribution is 2.72. The molecule has 3 fully saturated rings. The molecule has 1 N–H and O–H groups in total. The largest absolute Gasteiger partial charge is 0.481 e. The Morgan fingerprint density at radius 2 is 1.62 bits per heavy atom. The van der Waals surface area contributed by atoms with Gasteiger partial charge in [-0.2, -0.15) is 5.26 Å². The summed E-state index contributed by atoms with van der Waals surface area (Å²) in [7, 11) is 0. The number of carboxylic acids is 1. The quantitative estimate of drug-likeness (QED) is 0.434. The molecule has 4 aliphatic carbocycles. The highest BCUT2D eigenvalue weighted by atomic mass is 16.4. The van der Waals surface area contributed by atoms with E-state index in [1.165, 1.54) is 0 Å². The maximum atomic E-state index is 13.2. The van der Waals surface area contributed by atoms with E-state index in [9.17, 15) is 24.8 Å². The van der Waals surface area contributed by atoms with Gasteiger partial charge in [-0.3, -0.25) is 9.59 Å². The average molecular weight is 510 g/mol. The minimum absolute atomic E-state index is 0.0223. The third-order valence-electron chi connectivity index (χ3n) is 12.4. The third kappa shape index (κ3) is 3.95. The van der Waals surface area contributed by atoms with Crippen molar-refractivity contribution in [2.45, 2.75) is 113 Å². The molecular formula is C32H47NO4. The number of carbonyl (C=O) groups is 3. The van der Waals surface area contributed by atoms with E-state index in [1.807, 2.05) is 19.9 Å². The molecule has 0 aliphatic heterocycles. The summed E-state index contributed by atoms with van der Waals surface area (Å²) in [6.07, 6.45) is 9.09. The Labute approximate surface area is 223 Å². The molecule has 0 aromatic heterocycles. The molecule has 4 aliphatic rings. The van der Waals surface area contributed by atoms with Gasteiger partial charge in [0.15, 0.2) is 5.78 Å². The van der Waals surface area contributed by atoms with E-state index in [-0.39, 0.29) is 51.1 Å². The molecule has 5 nitrogen and oxygen atoms in total. The molecule has 7 atom stereocenters. The highest BCUT2D eigenvalue weighted by molar-refractivity contribution is 6.04. The summed E-state index contributed by atoms with van der Waals surface area (Å²) in [4.78, 5) is 38.7. The molecule has 0 bridgehead atoms. The van der Waals surface area contributed by atoms with E-state index in [0.717, 1.165) is 44.9 Å².